The number of aromatic nitrogens is 2. The second-order valence-electron chi connectivity index (χ2n) is 2.47. The lowest BCUT2D eigenvalue weighted by atomic mass is 10.2. The minimum atomic E-state index is -0.307. The third kappa shape index (κ3) is 0.763. The summed E-state index contributed by atoms with van der Waals surface area (Å²) in [6.07, 6.45) is 1.21. The van der Waals surface area contributed by atoms with E-state index < -0.39 is 0 Å². The van der Waals surface area contributed by atoms with Crippen LogP contribution in [0.4, 0.5) is 5.69 Å². The van der Waals surface area contributed by atoms with Crippen LogP contribution in [-0.2, 0) is 0 Å². The third-order valence-electron chi connectivity index (χ3n) is 1.66. The van der Waals surface area contributed by atoms with E-state index in [2.05, 4.69) is 4.98 Å². The zero-order chi connectivity index (χ0) is 8.72. The van der Waals surface area contributed by atoms with Gasteiger partial charge in [0.15, 0.2) is 0 Å². The molecule has 0 saturated carbocycles. The zero-order valence-corrected chi connectivity index (χ0v) is 6.06. The predicted octanol–water partition coefficient (Wildman–Crippen LogP) is -0.0706. The van der Waals surface area contributed by atoms with Crippen molar-refractivity contribution in [3.63, 3.8) is 0 Å². The van der Waals surface area contributed by atoms with Gasteiger partial charge >= 0.3 is 0 Å². The van der Waals surface area contributed by atoms with Gasteiger partial charge in [-0.05, 0) is 12.1 Å². The zero-order valence-electron chi connectivity index (χ0n) is 6.06. The molecular weight excluding hydrogens is 158 g/mol. The molecule has 1 aromatic carbocycles. The largest absolute Gasteiger partial charge is 0.871 e. The molecule has 0 aliphatic rings. The Hall–Kier alpha value is -1.91. The Labute approximate surface area is 67.6 Å². The average molecular weight is 164 g/mol. The second-order valence-corrected chi connectivity index (χ2v) is 2.47. The van der Waals surface area contributed by atoms with Crippen LogP contribution in [0.5, 0.6) is 5.75 Å². The SMILES string of the molecule is Nc1cc2ncn(O)c2cc1[O-]. The van der Waals surface area contributed by atoms with Gasteiger partial charge in [-0.25, -0.2) is 4.98 Å². The fourth-order valence-corrected chi connectivity index (χ4v) is 1.04. The quantitative estimate of drug-likeness (QED) is 0.421. The number of benzene rings is 1. The predicted molar refractivity (Wildman–Crippen MR) is 40.8 cm³/mol. The van der Waals surface area contributed by atoms with Crippen molar-refractivity contribution in [2.75, 3.05) is 5.73 Å². The van der Waals surface area contributed by atoms with Crippen LogP contribution in [0.25, 0.3) is 11.0 Å². The highest BCUT2D eigenvalue weighted by molar-refractivity contribution is 5.81. The van der Waals surface area contributed by atoms with Crippen LogP contribution in [0.15, 0.2) is 18.5 Å². The van der Waals surface area contributed by atoms with Crippen LogP contribution in [0.1, 0.15) is 0 Å². The van der Waals surface area contributed by atoms with Crippen LogP contribution in [-0.4, -0.2) is 14.9 Å². The number of nitrogens with zero attached hydrogens (tertiary/aromatic N) is 2. The van der Waals surface area contributed by atoms with Gasteiger partial charge in [0.25, 0.3) is 0 Å². The molecule has 5 heteroatoms. The van der Waals surface area contributed by atoms with Crippen LogP contribution >= 0.6 is 0 Å². The van der Waals surface area contributed by atoms with Crippen molar-refractivity contribution in [1.82, 2.24) is 9.71 Å². The van der Waals surface area contributed by atoms with Crippen molar-refractivity contribution in [1.29, 1.82) is 0 Å². The minimum Gasteiger partial charge on any atom is -0.871 e. The highest BCUT2D eigenvalue weighted by atomic mass is 16.5. The standard InChI is InChI=1S/C7H7N3O2/c8-4-1-5-6(2-7(4)11)10(12)3-9-5/h1-3,11-12H,8H2/p-1. The number of nitrogen functional groups attached to an aromatic ring is 1. The van der Waals surface area contributed by atoms with E-state index >= 15 is 0 Å². The van der Waals surface area contributed by atoms with Gasteiger partial charge < -0.3 is 16.0 Å². The molecule has 0 unspecified atom stereocenters. The van der Waals surface area contributed by atoms with Crippen LogP contribution in [0.2, 0.25) is 0 Å². The second kappa shape index (κ2) is 2.04. The number of rotatable bonds is 0. The summed E-state index contributed by atoms with van der Waals surface area (Å²) in [6.45, 7) is 0. The molecular formula is C7H6N3O2-. The van der Waals surface area contributed by atoms with Crippen molar-refractivity contribution in [3.8, 4) is 5.75 Å². The van der Waals surface area contributed by atoms with E-state index in [4.69, 9.17) is 10.9 Å². The highest BCUT2D eigenvalue weighted by Crippen LogP contribution is 2.22. The lowest BCUT2D eigenvalue weighted by Crippen LogP contribution is -1.97. The van der Waals surface area contributed by atoms with Crippen molar-refractivity contribution in [2.24, 2.45) is 0 Å². The molecule has 0 fully saturated rings. The van der Waals surface area contributed by atoms with Gasteiger partial charge in [-0.3, -0.25) is 0 Å². The smallest absolute Gasteiger partial charge is 0.133 e. The molecule has 62 valence electrons. The highest BCUT2D eigenvalue weighted by Gasteiger charge is 2.01. The normalized spacial score (nSPS) is 10.7. The molecule has 12 heavy (non-hydrogen) atoms. The van der Waals surface area contributed by atoms with E-state index in [0.717, 1.165) is 4.73 Å². The van der Waals surface area contributed by atoms with Crippen molar-refractivity contribution >= 4 is 16.7 Å². The molecule has 3 N–H and O–H groups in total. The Balaban J connectivity index is 2.87. The van der Waals surface area contributed by atoms with Gasteiger partial charge in [0.1, 0.15) is 11.8 Å². The monoisotopic (exact) mass is 164 g/mol. The molecule has 0 saturated heterocycles. The Morgan fingerprint density at radius 2 is 2.25 bits per heavy atom. The maximum absolute atomic E-state index is 11.0. The molecule has 2 rings (SSSR count). The molecule has 0 spiro atoms. The van der Waals surface area contributed by atoms with E-state index in [9.17, 15) is 5.11 Å². The summed E-state index contributed by atoms with van der Waals surface area (Å²) < 4.78 is 0.788. The summed E-state index contributed by atoms with van der Waals surface area (Å²) in [5.74, 6) is -0.307. The van der Waals surface area contributed by atoms with Crippen molar-refractivity contribution in [3.05, 3.63) is 18.5 Å². The number of hydrogen-bond acceptors (Lipinski definition) is 4. The van der Waals surface area contributed by atoms with Gasteiger partial charge in [0, 0.05) is 5.69 Å². The topological polar surface area (TPSA) is 87.1 Å². The van der Waals surface area contributed by atoms with Crippen LogP contribution < -0.4 is 10.8 Å². The Morgan fingerprint density at radius 1 is 1.50 bits per heavy atom. The molecule has 1 heterocycles. The van der Waals surface area contributed by atoms with Crippen molar-refractivity contribution in [2.45, 2.75) is 0 Å². The van der Waals surface area contributed by atoms with E-state index in [1.165, 1.54) is 18.5 Å². The summed E-state index contributed by atoms with van der Waals surface area (Å²) in [7, 11) is 0. The summed E-state index contributed by atoms with van der Waals surface area (Å²) in [5.41, 5.74) is 6.37. The van der Waals surface area contributed by atoms with Gasteiger partial charge in [-0.1, -0.05) is 5.75 Å². The van der Waals surface area contributed by atoms with E-state index in [0.29, 0.717) is 11.0 Å². The van der Waals surface area contributed by atoms with Gasteiger partial charge in [0.05, 0.1) is 5.52 Å². The molecule has 0 amide bonds. The maximum Gasteiger partial charge on any atom is 0.133 e. The maximum atomic E-state index is 11.0. The summed E-state index contributed by atoms with van der Waals surface area (Å²) in [6, 6.07) is 2.68. The fraction of sp³-hybridized carbons (Fsp3) is 0. The number of fused-ring (bicyclic) bond motifs is 1. The number of imidazole rings is 1. The molecule has 0 radical (unpaired) electrons. The van der Waals surface area contributed by atoms with Crippen molar-refractivity contribution < 1.29 is 10.3 Å². The molecule has 0 atom stereocenters. The summed E-state index contributed by atoms with van der Waals surface area (Å²) in [4.78, 5) is 3.81. The van der Waals surface area contributed by atoms with Gasteiger partial charge in [-0.2, -0.15) is 4.73 Å². The van der Waals surface area contributed by atoms with Crippen LogP contribution in [0.3, 0.4) is 0 Å². The molecule has 0 aliphatic heterocycles. The first-order chi connectivity index (χ1) is 5.68. The molecule has 0 bridgehead atoms. The first kappa shape index (κ1) is 6.78. The lowest BCUT2D eigenvalue weighted by Gasteiger charge is -2.08. The Kier molecular flexibility index (Phi) is 1.15. The fourth-order valence-electron chi connectivity index (χ4n) is 1.04. The van der Waals surface area contributed by atoms with Gasteiger partial charge in [-0.15, -0.1) is 0 Å². The Morgan fingerprint density at radius 3 is 3.00 bits per heavy atom. The first-order valence-corrected chi connectivity index (χ1v) is 3.31. The molecule has 2 aromatic rings. The lowest BCUT2D eigenvalue weighted by molar-refractivity contribution is -0.266. The van der Waals surface area contributed by atoms with E-state index in [1.807, 2.05) is 0 Å². The molecule has 5 nitrogen and oxygen atoms in total. The first-order valence-electron chi connectivity index (χ1n) is 3.31. The number of anilines is 1. The minimum absolute atomic E-state index is 0.140. The average Bonchev–Trinajstić information content (AvgIpc) is 2.35. The summed E-state index contributed by atoms with van der Waals surface area (Å²) in [5, 5.41) is 20.1. The Bertz CT molecular complexity index is 435. The molecule has 1 aromatic heterocycles. The number of hydrogen-bond donors (Lipinski definition) is 2. The summed E-state index contributed by atoms with van der Waals surface area (Å²) >= 11 is 0. The van der Waals surface area contributed by atoms with E-state index in [1.54, 1.807) is 0 Å². The van der Waals surface area contributed by atoms with E-state index in [-0.39, 0.29) is 11.4 Å². The van der Waals surface area contributed by atoms with Crippen LogP contribution in [0, 0.1) is 0 Å². The van der Waals surface area contributed by atoms with Gasteiger partial charge in [0.2, 0.25) is 0 Å². The number of nitrogens with two attached hydrogens (primary N) is 1. The third-order valence-corrected chi connectivity index (χ3v) is 1.66. The molecule has 0 aliphatic carbocycles.